The Morgan fingerprint density at radius 1 is 1.03 bits per heavy atom. The molecule has 8 heteroatoms. The fourth-order valence-corrected chi connectivity index (χ4v) is 4.10. The molecule has 2 aromatic carbocycles. The van der Waals surface area contributed by atoms with E-state index in [4.69, 9.17) is 4.74 Å². The minimum absolute atomic E-state index is 0.0505. The topological polar surface area (TPSA) is 89.5 Å². The van der Waals surface area contributed by atoms with Crippen molar-refractivity contribution in [2.75, 3.05) is 53.3 Å². The first-order valence-corrected chi connectivity index (χ1v) is 11.7. The molecule has 0 amide bonds. The first kappa shape index (κ1) is 24.7. The summed E-state index contributed by atoms with van der Waals surface area (Å²) in [7, 11) is 8.00. The molecule has 184 valence electrons. The molecule has 0 bridgehead atoms. The number of hydrogen-bond acceptors (Lipinski definition) is 7. The molecule has 0 spiro atoms. The van der Waals surface area contributed by atoms with Crippen molar-refractivity contribution in [3.63, 3.8) is 0 Å². The van der Waals surface area contributed by atoms with Crippen LogP contribution in [0, 0.1) is 0 Å². The SMILES string of the molecule is COc1cc(CN(C)CCN(C)C)ccc1-c1cc2c(N[C@H](CO)c3ccccc3)ncnc2[nH]1. The van der Waals surface area contributed by atoms with Crippen LogP contribution in [0.25, 0.3) is 22.3 Å². The standard InChI is InChI=1S/C27H34N6O2/c1-32(2)12-13-33(3)16-19-10-11-21(25(14-19)35-4)23-15-22-26(30-23)28-18-29-27(22)31-24(17-34)20-8-6-5-7-9-20/h5-11,14-15,18,24,34H,12-13,16-17H2,1-4H3,(H2,28,29,30,31)/t24-/m1/s1. The van der Waals surface area contributed by atoms with Crippen LogP contribution in [-0.2, 0) is 6.54 Å². The van der Waals surface area contributed by atoms with Crippen LogP contribution in [0.5, 0.6) is 5.75 Å². The zero-order valence-electron chi connectivity index (χ0n) is 20.8. The molecule has 1 atom stereocenters. The van der Waals surface area contributed by atoms with Gasteiger partial charge in [-0.15, -0.1) is 0 Å². The Bertz CT molecular complexity index is 1240. The van der Waals surface area contributed by atoms with Crippen LogP contribution in [0.2, 0.25) is 0 Å². The predicted octanol–water partition coefficient (Wildman–Crippen LogP) is 3.77. The van der Waals surface area contributed by atoms with Gasteiger partial charge < -0.3 is 29.9 Å². The highest BCUT2D eigenvalue weighted by Crippen LogP contribution is 2.34. The molecule has 2 heterocycles. The van der Waals surface area contributed by atoms with Crippen LogP contribution < -0.4 is 10.1 Å². The lowest BCUT2D eigenvalue weighted by atomic mass is 10.1. The van der Waals surface area contributed by atoms with Crippen molar-refractivity contribution in [1.82, 2.24) is 24.8 Å². The number of rotatable bonds is 11. The van der Waals surface area contributed by atoms with E-state index in [-0.39, 0.29) is 12.6 Å². The zero-order valence-corrected chi connectivity index (χ0v) is 20.8. The number of aromatic nitrogens is 3. The van der Waals surface area contributed by atoms with Crippen molar-refractivity contribution < 1.29 is 9.84 Å². The van der Waals surface area contributed by atoms with E-state index in [1.807, 2.05) is 36.4 Å². The number of H-pyrrole nitrogens is 1. The van der Waals surface area contributed by atoms with Crippen molar-refractivity contribution in [3.8, 4) is 17.0 Å². The van der Waals surface area contributed by atoms with Crippen molar-refractivity contribution >= 4 is 16.9 Å². The molecule has 8 nitrogen and oxygen atoms in total. The maximum atomic E-state index is 9.98. The summed E-state index contributed by atoms with van der Waals surface area (Å²) in [6.45, 7) is 2.80. The number of methoxy groups -OCH3 is 1. The van der Waals surface area contributed by atoms with Crippen LogP contribution in [0.4, 0.5) is 5.82 Å². The quantitative estimate of drug-likeness (QED) is 0.305. The normalized spacial score (nSPS) is 12.4. The maximum absolute atomic E-state index is 9.98. The summed E-state index contributed by atoms with van der Waals surface area (Å²) in [4.78, 5) is 16.8. The van der Waals surface area contributed by atoms with Gasteiger partial charge in [-0.2, -0.15) is 0 Å². The van der Waals surface area contributed by atoms with Crippen LogP contribution in [0.1, 0.15) is 17.2 Å². The van der Waals surface area contributed by atoms with Crippen molar-refractivity contribution in [2.45, 2.75) is 12.6 Å². The van der Waals surface area contributed by atoms with Gasteiger partial charge in [0, 0.05) is 25.2 Å². The number of hydrogen-bond donors (Lipinski definition) is 3. The van der Waals surface area contributed by atoms with Crippen molar-refractivity contribution in [1.29, 1.82) is 0 Å². The van der Waals surface area contributed by atoms with E-state index in [9.17, 15) is 5.11 Å². The van der Waals surface area contributed by atoms with Crippen molar-refractivity contribution in [3.05, 3.63) is 72.1 Å². The van der Waals surface area contributed by atoms with Gasteiger partial charge in [0.15, 0.2) is 0 Å². The summed E-state index contributed by atoms with van der Waals surface area (Å²) in [5.41, 5.74) is 4.76. The van der Waals surface area contributed by atoms with E-state index in [1.54, 1.807) is 7.11 Å². The molecule has 0 aliphatic heterocycles. The van der Waals surface area contributed by atoms with Gasteiger partial charge in [0.05, 0.1) is 30.8 Å². The first-order chi connectivity index (χ1) is 17.0. The van der Waals surface area contributed by atoms with Gasteiger partial charge in [0.2, 0.25) is 0 Å². The molecule has 0 unspecified atom stereocenters. The molecule has 0 saturated carbocycles. The van der Waals surface area contributed by atoms with E-state index in [1.165, 1.54) is 11.9 Å². The number of ether oxygens (including phenoxy) is 1. The Hall–Kier alpha value is -3.46. The number of fused-ring (bicyclic) bond motifs is 1. The average Bonchev–Trinajstić information content (AvgIpc) is 3.31. The largest absolute Gasteiger partial charge is 0.496 e. The van der Waals surface area contributed by atoms with E-state index in [0.29, 0.717) is 5.82 Å². The molecule has 4 rings (SSSR count). The predicted molar refractivity (Wildman–Crippen MR) is 141 cm³/mol. The minimum atomic E-state index is -0.272. The Morgan fingerprint density at radius 2 is 1.83 bits per heavy atom. The smallest absolute Gasteiger partial charge is 0.143 e. The van der Waals surface area contributed by atoms with Gasteiger partial charge >= 0.3 is 0 Å². The number of likely N-dealkylation sites (N-methyl/N-ethyl adjacent to an activating group) is 2. The molecule has 2 aromatic heterocycles. The molecular formula is C27H34N6O2. The molecule has 0 saturated heterocycles. The molecule has 0 aliphatic rings. The second kappa shape index (κ2) is 11.3. The van der Waals surface area contributed by atoms with Crippen LogP contribution in [-0.4, -0.2) is 77.8 Å². The van der Waals surface area contributed by atoms with Gasteiger partial charge in [-0.25, -0.2) is 9.97 Å². The maximum Gasteiger partial charge on any atom is 0.143 e. The summed E-state index contributed by atoms with van der Waals surface area (Å²) in [6, 6.07) is 17.9. The summed E-state index contributed by atoms with van der Waals surface area (Å²) in [6.07, 6.45) is 1.52. The first-order valence-electron chi connectivity index (χ1n) is 11.7. The Labute approximate surface area is 206 Å². The summed E-state index contributed by atoms with van der Waals surface area (Å²) in [5.74, 6) is 1.47. The van der Waals surface area contributed by atoms with Crippen LogP contribution in [0.3, 0.4) is 0 Å². The number of nitrogens with one attached hydrogen (secondary N) is 2. The fraction of sp³-hybridized carbons (Fsp3) is 0.333. The van der Waals surface area contributed by atoms with E-state index >= 15 is 0 Å². The van der Waals surface area contributed by atoms with E-state index < -0.39 is 0 Å². The van der Waals surface area contributed by atoms with Gasteiger partial charge in [0.25, 0.3) is 0 Å². The molecule has 35 heavy (non-hydrogen) atoms. The highest BCUT2D eigenvalue weighted by Gasteiger charge is 2.17. The lowest BCUT2D eigenvalue weighted by Crippen LogP contribution is -2.28. The highest BCUT2D eigenvalue weighted by atomic mass is 16.5. The van der Waals surface area contributed by atoms with Crippen molar-refractivity contribution in [2.24, 2.45) is 0 Å². The fourth-order valence-electron chi connectivity index (χ4n) is 4.10. The van der Waals surface area contributed by atoms with Crippen LogP contribution >= 0.6 is 0 Å². The molecule has 0 radical (unpaired) electrons. The third kappa shape index (κ3) is 5.97. The number of aromatic amines is 1. The Morgan fingerprint density at radius 3 is 2.54 bits per heavy atom. The molecule has 4 aromatic rings. The monoisotopic (exact) mass is 474 g/mol. The number of aliphatic hydroxyl groups is 1. The Kier molecular flexibility index (Phi) is 7.97. The average molecular weight is 475 g/mol. The third-order valence-corrected chi connectivity index (χ3v) is 6.06. The van der Waals surface area contributed by atoms with Gasteiger partial charge in [0.1, 0.15) is 23.5 Å². The molecule has 3 N–H and O–H groups in total. The summed E-state index contributed by atoms with van der Waals surface area (Å²) < 4.78 is 5.75. The van der Waals surface area contributed by atoms with Gasteiger partial charge in [-0.1, -0.05) is 36.4 Å². The number of aliphatic hydroxyl groups excluding tert-OH is 1. The Balaban J connectivity index is 1.59. The third-order valence-electron chi connectivity index (χ3n) is 6.06. The van der Waals surface area contributed by atoms with E-state index in [0.717, 1.165) is 53.2 Å². The molecule has 0 aliphatic carbocycles. The highest BCUT2D eigenvalue weighted by molar-refractivity contribution is 5.92. The second-order valence-corrected chi connectivity index (χ2v) is 9.03. The van der Waals surface area contributed by atoms with Gasteiger partial charge in [-0.05, 0) is 50.5 Å². The minimum Gasteiger partial charge on any atom is -0.496 e. The van der Waals surface area contributed by atoms with Crippen LogP contribution in [0.15, 0.2) is 60.9 Å². The summed E-state index contributed by atoms with van der Waals surface area (Å²) >= 11 is 0. The van der Waals surface area contributed by atoms with E-state index in [2.05, 4.69) is 69.4 Å². The lowest BCUT2D eigenvalue weighted by molar-refractivity contribution is 0.276. The second-order valence-electron chi connectivity index (χ2n) is 9.03. The lowest BCUT2D eigenvalue weighted by Gasteiger charge is -2.20. The zero-order chi connectivity index (χ0) is 24.8. The summed E-state index contributed by atoms with van der Waals surface area (Å²) in [5, 5.41) is 14.2. The van der Waals surface area contributed by atoms with Gasteiger partial charge in [-0.3, -0.25) is 0 Å². The number of nitrogens with zero attached hydrogens (tertiary/aromatic N) is 4. The number of anilines is 1. The molecular weight excluding hydrogens is 440 g/mol. The number of benzene rings is 2. The molecule has 0 fully saturated rings.